The van der Waals surface area contributed by atoms with E-state index < -0.39 is 0 Å². The first-order valence-corrected chi connectivity index (χ1v) is 9.38. The van der Waals surface area contributed by atoms with Crippen molar-refractivity contribution >= 4 is 40.4 Å². The van der Waals surface area contributed by atoms with Gasteiger partial charge in [0.1, 0.15) is 0 Å². The van der Waals surface area contributed by atoms with Gasteiger partial charge in [-0.15, -0.1) is 11.3 Å². The highest BCUT2D eigenvalue weighted by molar-refractivity contribution is 7.10. The monoisotopic (exact) mass is 384 g/mol. The number of amides is 1. The molecule has 1 amide bonds. The van der Waals surface area contributed by atoms with E-state index in [4.69, 9.17) is 27.9 Å². The normalized spacial score (nSPS) is 16.8. The van der Waals surface area contributed by atoms with Crippen LogP contribution in [-0.4, -0.2) is 43.7 Å². The average molecular weight is 385 g/mol. The summed E-state index contributed by atoms with van der Waals surface area (Å²) >= 11 is 13.9. The Balaban J connectivity index is 1.72. The van der Waals surface area contributed by atoms with Crippen molar-refractivity contribution in [3.05, 3.63) is 56.2 Å². The van der Waals surface area contributed by atoms with E-state index in [0.29, 0.717) is 35.4 Å². The molecule has 128 valence electrons. The van der Waals surface area contributed by atoms with Crippen LogP contribution in [0, 0.1) is 0 Å². The van der Waals surface area contributed by atoms with Gasteiger partial charge in [-0.05, 0) is 23.6 Å². The van der Waals surface area contributed by atoms with Crippen LogP contribution in [0.15, 0.2) is 35.7 Å². The van der Waals surface area contributed by atoms with Crippen molar-refractivity contribution in [3.63, 3.8) is 0 Å². The second-order valence-corrected chi connectivity index (χ2v) is 7.28. The number of ether oxygens (including phenoxy) is 1. The maximum Gasteiger partial charge on any atom is 0.254 e. The lowest BCUT2D eigenvalue weighted by Crippen LogP contribution is -2.43. The van der Waals surface area contributed by atoms with Gasteiger partial charge in [0.2, 0.25) is 0 Å². The summed E-state index contributed by atoms with van der Waals surface area (Å²) in [6, 6.07) is 9.31. The molecule has 3 rings (SSSR count). The molecule has 0 aliphatic carbocycles. The fourth-order valence-electron chi connectivity index (χ4n) is 2.77. The third-order valence-corrected chi connectivity index (χ3v) is 5.61. The Kier molecular flexibility index (Phi) is 6.14. The van der Waals surface area contributed by atoms with Crippen LogP contribution >= 0.6 is 34.5 Å². The van der Waals surface area contributed by atoms with E-state index in [9.17, 15) is 4.79 Å². The minimum Gasteiger partial charge on any atom is -0.379 e. The number of rotatable bonds is 5. The van der Waals surface area contributed by atoms with Gasteiger partial charge in [0.05, 0.1) is 34.9 Å². The van der Waals surface area contributed by atoms with Crippen molar-refractivity contribution in [1.29, 1.82) is 0 Å². The highest BCUT2D eigenvalue weighted by Gasteiger charge is 2.24. The van der Waals surface area contributed by atoms with Crippen molar-refractivity contribution in [3.8, 4) is 0 Å². The number of benzene rings is 1. The molecule has 0 unspecified atom stereocenters. The second kappa shape index (κ2) is 8.32. The zero-order valence-electron chi connectivity index (χ0n) is 13.0. The lowest BCUT2D eigenvalue weighted by Gasteiger charge is -2.34. The summed E-state index contributed by atoms with van der Waals surface area (Å²) < 4.78 is 5.43. The van der Waals surface area contributed by atoms with E-state index in [2.05, 4.69) is 21.7 Å². The number of nitrogens with zero attached hydrogens (tertiary/aromatic N) is 1. The molecule has 1 aliphatic rings. The summed E-state index contributed by atoms with van der Waals surface area (Å²) in [5.41, 5.74) is 0.327. The summed E-state index contributed by atoms with van der Waals surface area (Å²) in [5.74, 6) is -0.250. The lowest BCUT2D eigenvalue weighted by atomic mass is 10.1. The standard InChI is InChI=1S/C17H18Cl2N2O2S/c18-12-3-1-4-13(19)16(12)17(22)20-11-14(15-5-2-10-24-15)21-6-8-23-9-7-21/h1-5,10,14H,6-9,11H2,(H,20,22)/t14-/m0/s1. The second-order valence-electron chi connectivity index (χ2n) is 5.49. The minimum atomic E-state index is -0.250. The van der Waals surface area contributed by atoms with Gasteiger partial charge in [-0.25, -0.2) is 0 Å². The molecule has 24 heavy (non-hydrogen) atoms. The van der Waals surface area contributed by atoms with Crippen LogP contribution in [0.5, 0.6) is 0 Å². The summed E-state index contributed by atoms with van der Waals surface area (Å²) in [4.78, 5) is 16.1. The molecule has 2 heterocycles. The Bertz CT molecular complexity index is 668. The fourth-order valence-corrected chi connectivity index (χ4v) is 4.20. The van der Waals surface area contributed by atoms with Crippen LogP contribution in [0.3, 0.4) is 0 Å². The first-order valence-electron chi connectivity index (χ1n) is 7.74. The molecule has 0 bridgehead atoms. The molecular formula is C17H18Cl2N2O2S. The van der Waals surface area contributed by atoms with Gasteiger partial charge in [-0.1, -0.05) is 35.3 Å². The zero-order valence-corrected chi connectivity index (χ0v) is 15.3. The van der Waals surface area contributed by atoms with Crippen LogP contribution in [0.1, 0.15) is 21.3 Å². The molecule has 1 saturated heterocycles. The number of carbonyl (C=O) groups is 1. The molecule has 7 heteroatoms. The molecule has 1 aliphatic heterocycles. The Morgan fingerprint density at radius 3 is 2.54 bits per heavy atom. The smallest absolute Gasteiger partial charge is 0.254 e. The van der Waals surface area contributed by atoms with Crippen molar-refractivity contribution < 1.29 is 9.53 Å². The van der Waals surface area contributed by atoms with E-state index in [1.807, 2.05) is 6.07 Å². The van der Waals surface area contributed by atoms with E-state index in [-0.39, 0.29) is 11.9 Å². The molecule has 2 aromatic rings. The number of halogens is 2. The molecule has 1 aromatic heterocycles. The largest absolute Gasteiger partial charge is 0.379 e. The maximum atomic E-state index is 12.5. The first kappa shape index (κ1) is 17.7. The van der Waals surface area contributed by atoms with Crippen molar-refractivity contribution in [2.24, 2.45) is 0 Å². The topological polar surface area (TPSA) is 41.6 Å². The van der Waals surface area contributed by atoms with Crippen LogP contribution in [0.2, 0.25) is 10.0 Å². The maximum absolute atomic E-state index is 12.5. The van der Waals surface area contributed by atoms with Crippen LogP contribution in [-0.2, 0) is 4.74 Å². The van der Waals surface area contributed by atoms with Crippen LogP contribution in [0.4, 0.5) is 0 Å². The molecule has 1 N–H and O–H groups in total. The predicted molar refractivity (Wildman–Crippen MR) is 98.2 cm³/mol. The third-order valence-electron chi connectivity index (χ3n) is 4.00. The van der Waals surface area contributed by atoms with Crippen LogP contribution < -0.4 is 5.32 Å². The molecule has 0 spiro atoms. The number of thiophene rings is 1. The Hall–Kier alpha value is -1.11. The highest BCUT2D eigenvalue weighted by atomic mass is 35.5. The molecule has 1 aromatic carbocycles. The van der Waals surface area contributed by atoms with Crippen molar-refractivity contribution in [1.82, 2.24) is 10.2 Å². The molecule has 0 radical (unpaired) electrons. The van der Waals surface area contributed by atoms with E-state index in [1.54, 1.807) is 29.5 Å². The first-order chi connectivity index (χ1) is 11.7. The van der Waals surface area contributed by atoms with E-state index in [0.717, 1.165) is 13.1 Å². The molecule has 1 fully saturated rings. The molecule has 4 nitrogen and oxygen atoms in total. The van der Waals surface area contributed by atoms with Gasteiger partial charge in [0, 0.05) is 24.5 Å². The minimum absolute atomic E-state index is 0.124. The van der Waals surface area contributed by atoms with Gasteiger partial charge in [-0.3, -0.25) is 9.69 Å². The quantitative estimate of drug-likeness (QED) is 0.850. The summed E-state index contributed by atoms with van der Waals surface area (Å²) in [7, 11) is 0. The number of hydrogen-bond donors (Lipinski definition) is 1. The number of hydrogen-bond acceptors (Lipinski definition) is 4. The Morgan fingerprint density at radius 1 is 1.21 bits per heavy atom. The molecule has 1 atom stereocenters. The predicted octanol–water partition coefficient (Wildman–Crippen LogP) is 3.86. The third kappa shape index (κ3) is 4.10. The number of carbonyl (C=O) groups excluding carboxylic acids is 1. The van der Waals surface area contributed by atoms with Gasteiger partial charge in [-0.2, -0.15) is 0 Å². The summed E-state index contributed by atoms with van der Waals surface area (Å²) in [5, 5.41) is 5.75. The Morgan fingerprint density at radius 2 is 1.92 bits per heavy atom. The summed E-state index contributed by atoms with van der Waals surface area (Å²) in [6.45, 7) is 3.63. The molecule has 0 saturated carbocycles. The summed E-state index contributed by atoms with van der Waals surface area (Å²) in [6.07, 6.45) is 0. The van der Waals surface area contributed by atoms with Crippen LogP contribution in [0.25, 0.3) is 0 Å². The van der Waals surface area contributed by atoms with Gasteiger partial charge < -0.3 is 10.1 Å². The van der Waals surface area contributed by atoms with Gasteiger partial charge in [0.15, 0.2) is 0 Å². The highest BCUT2D eigenvalue weighted by Crippen LogP contribution is 2.27. The van der Waals surface area contributed by atoms with E-state index >= 15 is 0 Å². The lowest BCUT2D eigenvalue weighted by molar-refractivity contribution is 0.0169. The van der Waals surface area contributed by atoms with Gasteiger partial charge >= 0.3 is 0 Å². The zero-order chi connectivity index (χ0) is 16.9. The van der Waals surface area contributed by atoms with Crippen molar-refractivity contribution in [2.45, 2.75) is 6.04 Å². The van der Waals surface area contributed by atoms with E-state index in [1.165, 1.54) is 4.88 Å². The number of nitrogens with one attached hydrogen (secondary N) is 1. The SMILES string of the molecule is O=C(NC[C@@H](c1cccs1)N1CCOCC1)c1c(Cl)cccc1Cl. The molecular weight excluding hydrogens is 367 g/mol. The van der Waals surface area contributed by atoms with Crippen molar-refractivity contribution in [2.75, 3.05) is 32.8 Å². The average Bonchev–Trinajstić information content (AvgIpc) is 3.10. The Labute approximate surface area is 155 Å². The fraction of sp³-hybridized carbons (Fsp3) is 0.353. The van der Waals surface area contributed by atoms with Gasteiger partial charge in [0.25, 0.3) is 5.91 Å². The number of morpholine rings is 1.